The number of pyridine rings is 1. The number of carbonyl (C=O) groups is 2. The van der Waals surface area contributed by atoms with Crippen LogP contribution in [0.15, 0.2) is 97.2 Å². The van der Waals surface area contributed by atoms with Gasteiger partial charge in [-0.25, -0.2) is 4.79 Å². The molecule has 0 radical (unpaired) electrons. The molecule has 0 aliphatic rings. The number of benzene rings is 3. The Balaban J connectivity index is 0.00000387. The molecule has 2 heterocycles. The van der Waals surface area contributed by atoms with E-state index in [1.165, 1.54) is 0 Å². The summed E-state index contributed by atoms with van der Waals surface area (Å²) in [6.45, 7) is 5.64. The molecule has 0 aliphatic carbocycles. The molecule has 1 N–H and O–H groups in total. The SMILES string of the molecule is CCCCn1c2ccccc2c2cc(C(=O)N[C@@H](Cc3ccccc3)C(=O)OCC)[n+](Cc3ccccc3)cc21.[Br-]. The quantitative estimate of drug-likeness (QED) is 0.184. The Morgan fingerprint density at radius 3 is 2.20 bits per heavy atom. The predicted molar refractivity (Wildman–Crippen MR) is 158 cm³/mol. The van der Waals surface area contributed by atoms with E-state index in [0.717, 1.165) is 52.3 Å². The second-order valence-corrected chi connectivity index (χ2v) is 10.1. The Morgan fingerprint density at radius 1 is 0.854 bits per heavy atom. The van der Waals surface area contributed by atoms with E-state index in [9.17, 15) is 9.59 Å². The number of ether oxygens (including phenoxy) is 1. The number of esters is 1. The third kappa shape index (κ3) is 6.85. The number of halogens is 1. The molecule has 7 heteroatoms. The third-order valence-electron chi connectivity index (χ3n) is 7.24. The summed E-state index contributed by atoms with van der Waals surface area (Å²) in [5.74, 6) is -0.747. The van der Waals surface area contributed by atoms with Crippen LogP contribution in [0.5, 0.6) is 0 Å². The standard InChI is InChI=1S/C34H35N3O3.BrH/c1-3-5-20-37-30-19-13-12-18-27(30)28-22-31(36(24-32(28)37)23-26-16-10-7-11-17-26)33(38)35-29(34(39)40-4-2)21-25-14-8-6-9-15-25;/h6-19,22,24,29H,3-5,20-21,23H2,1-2H3;1H/t29-;/m0./s1. The van der Waals surface area contributed by atoms with Gasteiger partial charge in [-0.2, -0.15) is 4.57 Å². The number of nitrogens with one attached hydrogen (secondary N) is 1. The molecule has 0 bridgehead atoms. The molecule has 5 rings (SSSR count). The smallest absolute Gasteiger partial charge is 0.328 e. The topological polar surface area (TPSA) is 64.2 Å². The van der Waals surface area contributed by atoms with Crippen LogP contribution in [0.4, 0.5) is 0 Å². The van der Waals surface area contributed by atoms with Crippen molar-refractivity contribution in [2.45, 2.75) is 52.2 Å². The van der Waals surface area contributed by atoms with Crippen molar-refractivity contribution >= 4 is 33.7 Å². The highest BCUT2D eigenvalue weighted by molar-refractivity contribution is 6.09. The highest BCUT2D eigenvalue weighted by atomic mass is 79.9. The van der Waals surface area contributed by atoms with Gasteiger partial charge in [-0.1, -0.05) is 92.2 Å². The zero-order valence-corrected chi connectivity index (χ0v) is 25.1. The summed E-state index contributed by atoms with van der Waals surface area (Å²) in [5, 5.41) is 5.14. The van der Waals surface area contributed by atoms with Crippen LogP contribution < -0.4 is 26.9 Å². The lowest BCUT2D eigenvalue weighted by atomic mass is 10.1. The number of aromatic nitrogens is 2. The summed E-state index contributed by atoms with van der Waals surface area (Å²) in [6, 6.07) is 29.3. The Morgan fingerprint density at radius 2 is 1.51 bits per heavy atom. The third-order valence-corrected chi connectivity index (χ3v) is 7.24. The first kappa shape index (κ1) is 30.0. The highest BCUT2D eigenvalue weighted by Crippen LogP contribution is 2.29. The first-order valence-electron chi connectivity index (χ1n) is 14.1. The van der Waals surface area contributed by atoms with Gasteiger partial charge in [0.25, 0.3) is 5.69 Å². The number of fused-ring (bicyclic) bond motifs is 3. The van der Waals surface area contributed by atoms with Crippen molar-refractivity contribution in [3.8, 4) is 0 Å². The van der Waals surface area contributed by atoms with Crippen LogP contribution in [-0.2, 0) is 29.0 Å². The van der Waals surface area contributed by atoms with Crippen molar-refractivity contribution in [2.75, 3.05) is 6.61 Å². The van der Waals surface area contributed by atoms with Gasteiger partial charge in [-0.3, -0.25) is 4.79 Å². The second-order valence-electron chi connectivity index (χ2n) is 10.1. The monoisotopic (exact) mass is 613 g/mol. The molecule has 1 amide bonds. The summed E-state index contributed by atoms with van der Waals surface area (Å²) >= 11 is 0. The summed E-state index contributed by atoms with van der Waals surface area (Å²) in [6.07, 6.45) is 4.59. The first-order chi connectivity index (χ1) is 19.6. The highest BCUT2D eigenvalue weighted by Gasteiger charge is 2.29. The van der Waals surface area contributed by atoms with Crippen molar-refractivity contribution < 1.29 is 35.9 Å². The van der Waals surface area contributed by atoms with E-state index in [2.05, 4.69) is 53.3 Å². The van der Waals surface area contributed by atoms with Crippen molar-refractivity contribution in [1.82, 2.24) is 9.88 Å². The fraction of sp³-hybridized carbons (Fsp3) is 0.265. The summed E-state index contributed by atoms with van der Waals surface area (Å²) in [5.41, 5.74) is 4.78. The van der Waals surface area contributed by atoms with Gasteiger partial charge in [-0.15, -0.1) is 0 Å². The summed E-state index contributed by atoms with van der Waals surface area (Å²) < 4.78 is 9.70. The Bertz CT molecular complexity index is 1620. The molecular formula is C34H36BrN3O3. The number of para-hydroxylation sites is 1. The normalized spacial score (nSPS) is 11.7. The van der Waals surface area contributed by atoms with Crippen LogP contribution in [0, 0.1) is 0 Å². The van der Waals surface area contributed by atoms with Gasteiger partial charge >= 0.3 is 11.9 Å². The fourth-order valence-corrected chi connectivity index (χ4v) is 5.26. The van der Waals surface area contributed by atoms with Gasteiger partial charge in [0, 0.05) is 40.9 Å². The van der Waals surface area contributed by atoms with Crippen LogP contribution in [0.1, 0.15) is 48.3 Å². The van der Waals surface area contributed by atoms with Crippen molar-refractivity contribution in [3.63, 3.8) is 0 Å². The van der Waals surface area contributed by atoms with Gasteiger partial charge in [0.05, 0.1) is 6.61 Å². The molecule has 41 heavy (non-hydrogen) atoms. The Hall–Kier alpha value is -3.97. The van der Waals surface area contributed by atoms with E-state index >= 15 is 0 Å². The zero-order chi connectivity index (χ0) is 27.9. The number of nitrogens with zero attached hydrogens (tertiary/aromatic N) is 2. The average molecular weight is 615 g/mol. The van der Waals surface area contributed by atoms with Gasteiger partial charge in [0.15, 0.2) is 12.7 Å². The number of amides is 1. The van der Waals surface area contributed by atoms with Crippen LogP contribution in [0.2, 0.25) is 0 Å². The minimum absolute atomic E-state index is 0. The van der Waals surface area contributed by atoms with E-state index in [-0.39, 0.29) is 29.5 Å². The Labute approximate surface area is 251 Å². The summed E-state index contributed by atoms with van der Waals surface area (Å²) in [7, 11) is 0. The average Bonchev–Trinajstić information content (AvgIpc) is 3.28. The largest absolute Gasteiger partial charge is 1.00 e. The van der Waals surface area contributed by atoms with Gasteiger partial charge < -0.3 is 31.6 Å². The van der Waals surface area contributed by atoms with E-state index in [4.69, 9.17) is 4.74 Å². The molecule has 212 valence electrons. The molecule has 2 aromatic heterocycles. The van der Waals surface area contributed by atoms with Crippen molar-refractivity contribution in [3.05, 3.63) is 114 Å². The maximum atomic E-state index is 14.0. The number of hydrogen-bond acceptors (Lipinski definition) is 3. The lowest BCUT2D eigenvalue weighted by Crippen LogP contribution is -3.00. The molecule has 0 unspecified atom stereocenters. The van der Waals surface area contributed by atoms with Crippen LogP contribution in [-0.4, -0.2) is 29.1 Å². The molecule has 0 saturated heterocycles. The summed E-state index contributed by atoms with van der Waals surface area (Å²) in [4.78, 5) is 26.9. The van der Waals surface area contributed by atoms with Crippen LogP contribution in [0.25, 0.3) is 21.8 Å². The molecule has 0 saturated carbocycles. The lowest BCUT2D eigenvalue weighted by Gasteiger charge is -2.17. The molecule has 0 spiro atoms. The lowest BCUT2D eigenvalue weighted by molar-refractivity contribution is -0.689. The van der Waals surface area contributed by atoms with E-state index in [1.54, 1.807) is 6.92 Å². The maximum absolute atomic E-state index is 14.0. The van der Waals surface area contributed by atoms with E-state index in [1.807, 2.05) is 65.2 Å². The predicted octanol–water partition coefficient (Wildman–Crippen LogP) is 2.84. The maximum Gasteiger partial charge on any atom is 0.328 e. The first-order valence-corrected chi connectivity index (χ1v) is 14.1. The number of hydrogen-bond donors (Lipinski definition) is 1. The van der Waals surface area contributed by atoms with Gasteiger partial charge in [0.2, 0.25) is 0 Å². The van der Waals surface area contributed by atoms with E-state index in [0.29, 0.717) is 18.7 Å². The minimum Gasteiger partial charge on any atom is -1.00 e. The molecule has 0 fully saturated rings. The number of rotatable bonds is 11. The molecule has 6 nitrogen and oxygen atoms in total. The second kappa shape index (κ2) is 14.1. The zero-order valence-electron chi connectivity index (χ0n) is 23.6. The van der Waals surface area contributed by atoms with Crippen LogP contribution >= 0.6 is 0 Å². The van der Waals surface area contributed by atoms with Gasteiger partial charge in [0.1, 0.15) is 11.6 Å². The molecular weight excluding hydrogens is 578 g/mol. The van der Waals surface area contributed by atoms with Crippen LogP contribution in [0.3, 0.4) is 0 Å². The number of aryl methyl sites for hydroxylation is 1. The molecule has 5 aromatic rings. The number of carbonyl (C=O) groups excluding carboxylic acids is 2. The minimum atomic E-state index is -0.804. The van der Waals surface area contributed by atoms with Crippen molar-refractivity contribution in [2.24, 2.45) is 0 Å². The van der Waals surface area contributed by atoms with Crippen molar-refractivity contribution in [1.29, 1.82) is 0 Å². The Kier molecular flexibility index (Phi) is 10.3. The molecule has 0 aliphatic heterocycles. The molecule has 3 aromatic carbocycles. The van der Waals surface area contributed by atoms with Gasteiger partial charge in [-0.05, 0) is 25.0 Å². The number of unbranched alkanes of at least 4 members (excludes halogenated alkanes) is 1. The molecule has 1 atom stereocenters. The van der Waals surface area contributed by atoms with E-state index < -0.39 is 12.0 Å². The fourth-order valence-electron chi connectivity index (χ4n) is 5.26.